The highest BCUT2D eigenvalue weighted by Crippen LogP contribution is 2.46. The average molecular weight is 578 g/mol. The highest BCUT2D eigenvalue weighted by molar-refractivity contribution is 5.94. The number of fused-ring (bicyclic) bond motifs is 4. The van der Waals surface area contributed by atoms with Gasteiger partial charge in [-0.1, -0.05) is 53.7 Å². The number of aliphatic hydroxyl groups excluding tert-OH is 2. The molecular formula is C29H35N7O6. The fraction of sp³-hybridized carbons (Fsp3) is 0.483. The molecule has 0 spiro atoms. The maximum absolute atomic E-state index is 13.6. The molecule has 4 N–H and O–H groups in total. The van der Waals surface area contributed by atoms with Crippen molar-refractivity contribution in [1.29, 1.82) is 0 Å². The first kappa shape index (κ1) is 27.3. The van der Waals surface area contributed by atoms with E-state index in [0.717, 1.165) is 10.1 Å². The molecule has 0 bridgehead atoms. The topological polar surface area (TPSA) is 151 Å². The largest absolute Gasteiger partial charge is 0.395 e. The minimum atomic E-state index is -0.957. The van der Waals surface area contributed by atoms with Crippen molar-refractivity contribution < 1.29 is 19.8 Å². The third-order valence-corrected chi connectivity index (χ3v) is 8.95. The number of aliphatic hydroxyl groups is 2. The SMILES string of the molecule is C[C@@H](O/N=C1/[C@H]2CCn3c(=O)n(-c4ccccc4)c(=O)n3[C@H]2[C@H](O)[C@@H]2O[C@H]12)C1CN([C@H](CO)Cc2ccccc2)NN1. The van der Waals surface area contributed by atoms with E-state index in [1.165, 1.54) is 9.36 Å². The molecule has 3 aliphatic heterocycles. The van der Waals surface area contributed by atoms with E-state index in [1.54, 1.807) is 24.3 Å². The summed E-state index contributed by atoms with van der Waals surface area (Å²) in [6.45, 7) is 2.81. The van der Waals surface area contributed by atoms with Crippen LogP contribution in [0.4, 0.5) is 0 Å². The summed E-state index contributed by atoms with van der Waals surface area (Å²) in [4.78, 5) is 32.8. The molecule has 13 heteroatoms. The Morgan fingerprint density at radius 1 is 1.10 bits per heavy atom. The van der Waals surface area contributed by atoms with Gasteiger partial charge in [0.15, 0.2) is 0 Å². The second-order valence-corrected chi connectivity index (χ2v) is 11.5. The first-order chi connectivity index (χ1) is 20.5. The van der Waals surface area contributed by atoms with Crippen molar-refractivity contribution in [2.75, 3.05) is 13.2 Å². The molecule has 1 aliphatic carbocycles. The molecule has 3 fully saturated rings. The van der Waals surface area contributed by atoms with Crippen LogP contribution in [0, 0.1) is 5.92 Å². The lowest BCUT2D eigenvalue weighted by Crippen LogP contribution is -2.53. The molecule has 1 aromatic heterocycles. The molecular weight excluding hydrogens is 542 g/mol. The number of epoxide rings is 1. The number of benzene rings is 2. The molecule has 2 aromatic carbocycles. The highest BCUT2D eigenvalue weighted by Gasteiger charge is 2.61. The number of oxime groups is 1. The molecule has 13 nitrogen and oxygen atoms in total. The molecule has 222 valence electrons. The van der Waals surface area contributed by atoms with Gasteiger partial charge in [-0.2, -0.15) is 5.53 Å². The van der Waals surface area contributed by atoms with Crippen molar-refractivity contribution in [1.82, 2.24) is 29.9 Å². The Bertz CT molecular complexity index is 1570. The quantitative estimate of drug-likeness (QED) is 0.206. The zero-order valence-electron chi connectivity index (χ0n) is 23.2. The predicted molar refractivity (Wildman–Crippen MR) is 152 cm³/mol. The van der Waals surface area contributed by atoms with Crippen LogP contribution in [0.5, 0.6) is 0 Å². The van der Waals surface area contributed by atoms with E-state index in [2.05, 4.69) is 16.1 Å². The molecule has 8 atom stereocenters. The number of aromatic nitrogens is 3. The lowest BCUT2D eigenvalue weighted by atomic mass is 9.78. The van der Waals surface area contributed by atoms with Gasteiger partial charge in [-0.25, -0.2) is 34.0 Å². The van der Waals surface area contributed by atoms with Gasteiger partial charge in [-0.05, 0) is 37.5 Å². The van der Waals surface area contributed by atoms with E-state index in [4.69, 9.17) is 9.57 Å². The Morgan fingerprint density at radius 2 is 1.83 bits per heavy atom. The summed E-state index contributed by atoms with van der Waals surface area (Å²) in [5.74, 6) is -0.324. The number of nitrogens with zero attached hydrogens (tertiary/aromatic N) is 5. The second kappa shape index (κ2) is 10.9. The van der Waals surface area contributed by atoms with Gasteiger partial charge in [-0.15, -0.1) is 0 Å². The zero-order chi connectivity index (χ0) is 29.0. The van der Waals surface area contributed by atoms with E-state index < -0.39 is 29.6 Å². The van der Waals surface area contributed by atoms with E-state index in [9.17, 15) is 19.8 Å². The lowest BCUT2D eigenvalue weighted by Gasteiger charge is -2.38. The van der Waals surface area contributed by atoms with Crippen LogP contribution in [-0.4, -0.2) is 84.5 Å². The number of ether oxygens (including phenoxy) is 1. The van der Waals surface area contributed by atoms with Gasteiger partial charge in [0.2, 0.25) is 0 Å². The van der Waals surface area contributed by atoms with Gasteiger partial charge in [0.25, 0.3) is 0 Å². The number of hydrogen-bond acceptors (Lipinski definition) is 10. The molecule has 42 heavy (non-hydrogen) atoms. The van der Waals surface area contributed by atoms with Crippen molar-refractivity contribution in [3.63, 3.8) is 0 Å². The van der Waals surface area contributed by atoms with Gasteiger partial charge in [-0.3, -0.25) is 0 Å². The Balaban J connectivity index is 1.08. The van der Waals surface area contributed by atoms with Gasteiger partial charge < -0.3 is 19.8 Å². The molecule has 1 saturated carbocycles. The average Bonchev–Trinajstić information content (AvgIpc) is 3.59. The van der Waals surface area contributed by atoms with Crippen LogP contribution >= 0.6 is 0 Å². The summed E-state index contributed by atoms with van der Waals surface area (Å²) in [5.41, 5.74) is 7.75. The first-order valence-corrected chi connectivity index (χ1v) is 14.5. The minimum Gasteiger partial charge on any atom is -0.395 e. The summed E-state index contributed by atoms with van der Waals surface area (Å²) >= 11 is 0. The Morgan fingerprint density at radius 3 is 2.57 bits per heavy atom. The van der Waals surface area contributed by atoms with Crippen LogP contribution < -0.4 is 22.3 Å². The number of nitrogens with one attached hydrogen (secondary N) is 2. The monoisotopic (exact) mass is 577 g/mol. The van der Waals surface area contributed by atoms with Crippen molar-refractivity contribution in [2.24, 2.45) is 11.1 Å². The molecule has 1 unspecified atom stereocenters. The van der Waals surface area contributed by atoms with Crippen molar-refractivity contribution in [3.8, 4) is 5.69 Å². The van der Waals surface area contributed by atoms with Crippen LogP contribution in [0.1, 0.15) is 24.9 Å². The number of hydrazine groups is 2. The Kier molecular flexibility index (Phi) is 7.08. The minimum absolute atomic E-state index is 0.00389. The molecule has 7 rings (SSSR count). The number of rotatable bonds is 8. The Hall–Kier alpha value is -3.59. The maximum Gasteiger partial charge on any atom is 0.352 e. The van der Waals surface area contributed by atoms with E-state index in [0.29, 0.717) is 37.3 Å². The van der Waals surface area contributed by atoms with Crippen LogP contribution in [-0.2, 0) is 22.5 Å². The van der Waals surface area contributed by atoms with Gasteiger partial charge >= 0.3 is 11.4 Å². The smallest absolute Gasteiger partial charge is 0.352 e. The van der Waals surface area contributed by atoms with Crippen molar-refractivity contribution >= 4 is 5.71 Å². The highest BCUT2D eigenvalue weighted by atomic mass is 16.6. The fourth-order valence-electron chi connectivity index (χ4n) is 6.59. The summed E-state index contributed by atoms with van der Waals surface area (Å²) in [6.07, 6.45) is -0.980. The molecule has 2 saturated heterocycles. The van der Waals surface area contributed by atoms with Gasteiger partial charge in [0.1, 0.15) is 24.4 Å². The van der Waals surface area contributed by atoms with E-state index in [1.807, 2.05) is 48.3 Å². The molecule has 3 aromatic rings. The van der Waals surface area contributed by atoms with Crippen LogP contribution in [0.25, 0.3) is 5.69 Å². The molecule has 4 aliphatic rings. The normalized spacial score (nSPS) is 30.8. The third-order valence-electron chi connectivity index (χ3n) is 8.95. The molecule has 4 heterocycles. The van der Waals surface area contributed by atoms with Crippen molar-refractivity contribution in [2.45, 2.75) is 68.9 Å². The number of para-hydroxylation sites is 1. The summed E-state index contributed by atoms with van der Waals surface area (Å²) < 4.78 is 9.76. The lowest BCUT2D eigenvalue weighted by molar-refractivity contribution is 0.0257. The van der Waals surface area contributed by atoms with Gasteiger partial charge in [0, 0.05) is 19.0 Å². The molecule has 0 amide bonds. The third kappa shape index (κ3) is 4.62. The summed E-state index contributed by atoms with van der Waals surface area (Å²) in [7, 11) is 0. The Labute approximate surface area is 241 Å². The zero-order valence-corrected chi connectivity index (χ0v) is 23.2. The molecule has 0 radical (unpaired) electrons. The summed E-state index contributed by atoms with van der Waals surface area (Å²) in [5, 5.41) is 27.8. The fourth-order valence-corrected chi connectivity index (χ4v) is 6.59. The standard InChI is InChI=1S/C29H35N7O6/c1-17(22-15-33(32-30-22)20(16-37)14-18-8-4-2-5-9-18)42-31-23-21-12-13-34-28(39)35(19-10-6-3-7-11-19)29(40)36(34)24(21)25(38)27-26(23)41-27/h2-11,17,20-22,24-27,30,32,37-38H,12-16H2,1H3/b31-23-/t17-,20+,21-,22?,24-,25+,26-,27+/m1/s1. The van der Waals surface area contributed by atoms with E-state index >= 15 is 0 Å². The first-order valence-electron chi connectivity index (χ1n) is 14.5. The predicted octanol–water partition coefficient (Wildman–Crippen LogP) is -0.438. The van der Waals surface area contributed by atoms with Crippen LogP contribution in [0.2, 0.25) is 0 Å². The van der Waals surface area contributed by atoms with Crippen molar-refractivity contribution in [3.05, 3.63) is 87.2 Å². The van der Waals surface area contributed by atoms with Crippen LogP contribution in [0.3, 0.4) is 0 Å². The van der Waals surface area contributed by atoms with E-state index in [-0.39, 0.29) is 36.8 Å². The summed E-state index contributed by atoms with van der Waals surface area (Å²) in [6, 6.07) is 17.9. The number of hydrogen-bond donors (Lipinski definition) is 4. The van der Waals surface area contributed by atoms with Gasteiger partial charge in [0.05, 0.1) is 36.1 Å². The second-order valence-electron chi connectivity index (χ2n) is 11.5. The van der Waals surface area contributed by atoms with Crippen LogP contribution in [0.15, 0.2) is 75.4 Å². The maximum atomic E-state index is 13.6.